The first-order valence-electron chi connectivity index (χ1n) is 9.41. The Bertz CT molecular complexity index is 631. The third kappa shape index (κ3) is 4.86. The van der Waals surface area contributed by atoms with E-state index < -0.39 is 0 Å². The van der Waals surface area contributed by atoms with E-state index in [-0.39, 0.29) is 17.6 Å². The van der Waals surface area contributed by atoms with Gasteiger partial charge in [-0.25, -0.2) is 0 Å². The Hall–Kier alpha value is -1.85. The van der Waals surface area contributed by atoms with Crippen molar-refractivity contribution in [2.75, 3.05) is 40.3 Å². The van der Waals surface area contributed by atoms with Gasteiger partial charge in [-0.05, 0) is 46.0 Å². The second kappa shape index (κ2) is 8.23. The number of ether oxygens (including phenoxy) is 2. The van der Waals surface area contributed by atoms with Crippen LogP contribution in [-0.4, -0.2) is 67.7 Å². The van der Waals surface area contributed by atoms with E-state index in [1.807, 2.05) is 60.3 Å². The molecule has 1 amide bonds. The number of nitrogens with zero attached hydrogens (tertiary/aromatic N) is 2. The Morgan fingerprint density at radius 3 is 2.88 bits per heavy atom. The summed E-state index contributed by atoms with van der Waals surface area (Å²) in [6.07, 6.45) is 5.69. The van der Waals surface area contributed by atoms with Crippen LogP contribution in [0.1, 0.15) is 19.8 Å². The van der Waals surface area contributed by atoms with Crippen LogP contribution >= 0.6 is 0 Å². The van der Waals surface area contributed by atoms with Crippen LogP contribution in [0, 0.1) is 5.92 Å². The van der Waals surface area contributed by atoms with E-state index in [4.69, 9.17) is 9.47 Å². The maximum Gasteiger partial charge on any atom is 0.246 e. The summed E-state index contributed by atoms with van der Waals surface area (Å²) in [7, 11) is 3.99. The number of likely N-dealkylation sites (N-methyl/N-ethyl adjacent to an activating group) is 1. The van der Waals surface area contributed by atoms with Crippen LogP contribution in [0.4, 0.5) is 0 Å². The highest BCUT2D eigenvalue weighted by atomic mass is 16.6. The van der Waals surface area contributed by atoms with Crippen molar-refractivity contribution in [3.8, 4) is 5.75 Å². The highest BCUT2D eigenvalue weighted by Crippen LogP contribution is 2.39. The van der Waals surface area contributed by atoms with Crippen molar-refractivity contribution in [1.29, 1.82) is 0 Å². The van der Waals surface area contributed by atoms with Gasteiger partial charge in [-0.15, -0.1) is 0 Å². The van der Waals surface area contributed by atoms with Crippen LogP contribution in [-0.2, 0) is 9.53 Å². The number of rotatable bonds is 6. The summed E-state index contributed by atoms with van der Waals surface area (Å²) in [5.74, 6) is 1.37. The molecule has 5 heteroatoms. The lowest BCUT2D eigenvalue weighted by atomic mass is 9.89. The minimum absolute atomic E-state index is 0.111. The fourth-order valence-electron chi connectivity index (χ4n) is 3.85. The quantitative estimate of drug-likeness (QED) is 0.733. The summed E-state index contributed by atoms with van der Waals surface area (Å²) >= 11 is 0. The largest absolute Gasteiger partial charge is 0.491 e. The van der Waals surface area contributed by atoms with Gasteiger partial charge in [0.25, 0.3) is 0 Å². The van der Waals surface area contributed by atoms with E-state index in [2.05, 4.69) is 6.92 Å². The summed E-state index contributed by atoms with van der Waals surface area (Å²) in [5, 5.41) is 0. The molecule has 0 radical (unpaired) electrons. The van der Waals surface area contributed by atoms with Crippen LogP contribution < -0.4 is 4.74 Å². The van der Waals surface area contributed by atoms with Gasteiger partial charge in [0, 0.05) is 31.6 Å². The Labute approximate surface area is 156 Å². The molecule has 0 saturated carbocycles. The van der Waals surface area contributed by atoms with Gasteiger partial charge >= 0.3 is 0 Å². The molecular formula is C21H30N2O3. The van der Waals surface area contributed by atoms with Crippen molar-refractivity contribution in [3.63, 3.8) is 0 Å². The molecular weight excluding hydrogens is 328 g/mol. The summed E-state index contributed by atoms with van der Waals surface area (Å²) in [5.41, 5.74) is -0.287. The van der Waals surface area contributed by atoms with Crippen LogP contribution in [0.25, 0.3) is 0 Å². The monoisotopic (exact) mass is 358 g/mol. The van der Waals surface area contributed by atoms with Gasteiger partial charge in [-0.1, -0.05) is 24.3 Å². The van der Waals surface area contributed by atoms with E-state index in [1.54, 1.807) is 6.08 Å². The first-order chi connectivity index (χ1) is 12.5. The van der Waals surface area contributed by atoms with Crippen molar-refractivity contribution in [1.82, 2.24) is 9.80 Å². The fraction of sp³-hybridized carbons (Fsp3) is 0.571. The average Bonchev–Trinajstić information content (AvgIpc) is 2.96. The minimum atomic E-state index is -0.287. The zero-order valence-corrected chi connectivity index (χ0v) is 16.1. The SMILES string of the molecule is CN(C)C/C=C/C(=O)N1CC[C@@H]2O[C@@](C)(COc3ccccc3)C[C@@H]2C1. The van der Waals surface area contributed by atoms with E-state index in [1.165, 1.54) is 0 Å². The van der Waals surface area contributed by atoms with E-state index >= 15 is 0 Å². The lowest BCUT2D eigenvalue weighted by molar-refractivity contribution is -0.130. The number of piperidine rings is 1. The van der Waals surface area contributed by atoms with Crippen molar-refractivity contribution >= 4 is 5.91 Å². The standard InChI is InChI=1S/C21H30N2O3/c1-21(16-25-18-8-5-4-6-9-18)14-17-15-23(13-11-19(17)26-21)20(24)10-7-12-22(2)3/h4-10,17,19H,11-16H2,1-3H3/b10-7+/t17-,19+,21-/m1/s1. The zero-order chi connectivity index (χ0) is 18.6. The van der Waals surface area contributed by atoms with Gasteiger partial charge in [0.05, 0.1) is 6.10 Å². The molecule has 2 heterocycles. The number of hydrogen-bond acceptors (Lipinski definition) is 4. The average molecular weight is 358 g/mol. The zero-order valence-electron chi connectivity index (χ0n) is 16.1. The van der Waals surface area contributed by atoms with Crippen LogP contribution in [0.5, 0.6) is 5.75 Å². The lowest BCUT2D eigenvalue weighted by Gasteiger charge is -2.33. The predicted molar refractivity (Wildman–Crippen MR) is 102 cm³/mol. The number of carbonyl (C=O) groups excluding carboxylic acids is 1. The van der Waals surface area contributed by atoms with Crippen molar-refractivity contribution in [3.05, 3.63) is 42.5 Å². The molecule has 5 nitrogen and oxygen atoms in total. The Morgan fingerprint density at radius 1 is 1.38 bits per heavy atom. The molecule has 0 N–H and O–H groups in total. The second-order valence-electron chi connectivity index (χ2n) is 7.91. The number of likely N-dealkylation sites (tertiary alicyclic amines) is 1. The maximum absolute atomic E-state index is 12.4. The smallest absolute Gasteiger partial charge is 0.246 e. The molecule has 0 bridgehead atoms. The van der Waals surface area contributed by atoms with Gasteiger partial charge in [-0.2, -0.15) is 0 Å². The van der Waals surface area contributed by atoms with Crippen molar-refractivity contribution in [2.24, 2.45) is 5.92 Å². The lowest BCUT2D eigenvalue weighted by Crippen LogP contribution is -2.43. The number of amides is 1. The number of hydrogen-bond donors (Lipinski definition) is 0. The van der Waals surface area contributed by atoms with Gasteiger partial charge in [-0.3, -0.25) is 4.79 Å². The van der Waals surface area contributed by atoms with E-state index in [0.29, 0.717) is 12.5 Å². The topological polar surface area (TPSA) is 42.0 Å². The third-order valence-corrected chi connectivity index (χ3v) is 5.12. The van der Waals surface area contributed by atoms with Gasteiger partial charge < -0.3 is 19.3 Å². The molecule has 0 aliphatic carbocycles. The molecule has 2 saturated heterocycles. The van der Waals surface area contributed by atoms with Crippen molar-refractivity contribution < 1.29 is 14.3 Å². The molecule has 142 valence electrons. The molecule has 3 rings (SSSR count). The van der Waals surface area contributed by atoms with Gasteiger partial charge in [0.2, 0.25) is 5.91 Å². The van der Waals surface area contributed by atoms with Crippen LogP contribution in [0.15, 0.2) is 42.5 Å². The third-order valence-electron chi connectivity index (χ3n) is 5.12. The molecule has 0 spiro atoms. The summed E-state index contributed by atoms with van der Waals surface area (Å²) < 4.78 is 12.3. The minimum Gasteiger partial charge on any atom is -0.491 e. The molecule has 0 unspecified atom stereocenters. The molecule has 3 atom stereocenters. The van der Waals surface area contributed by atoms with E-state index in [0.717, 1.165) is 38.2 Å². The molecule has 1 aromatic carbocycles. The summed E-state index contributed by atoms with van der Waals surface area (Å²) in [6.45, 7) is 4.99. The molecule has 26 heavy (non-hydrogen) atoms. The Kier molecular flexibility index (Phi) is 5.99. The maximum atomic E-state index is 12.4. The highest BCUT2D eigenvalue weighted by molar-refractivity contribution is 5.87. The number of fused-ring (bicyclic) bond motifs is 1. The summed E-state index contributed by atoms with van der Waals surface area (Å²) in [6, 6.07) is 9.85. The highest BCUT2D eigenvalue weighted by Gasteiger charge is 2.46. The first kappa shape index (κ1) is 18.9. The first-order valence-corrected chi connectivity index (χ1v) is 9.41. The number of benzene rings is 1. The Balaban J connectivity index is 1.52. The van der Waals surface area contributed by atoms with Crippen LogP contribution in [0.2, 0.25) is 0 Å². The Morgan fingerprint density at radius 2 is 2.15 bits per heavy atom. The molecule has 2 aliphatic rings. The summed E-state index contributed by atoms with van der Waals surface area (Å²) in [4.78, 5) is 16.4. The van der Waals surface area contributed by atoms with Gasteiger partial charge in [0.15, 0.2) is 0 Å². The molecule has 0 aromatic heterocycles. The van der Waals surface area contributed by atoms with Crippen LogP contribution in [0.3, 0.4) is 0 Å². The van der Waals surface area contributed by atoms with Crippen molar-refractivity contribution in [2.45, 2.75) is 31.5 Å². The number of carbonyl (C=O) groups is 1. The number of para-hydroxylation sites is 1. The molecule has 1 aromatic rings. The molecule has 2 aliphatic heterocycles. The molecule has 2 fully saturated rings. The van der Waals surface area contributed by atoms with Gasteiger partial charge in [0.1, 0.15) is 18.0 Å². The van der Waals surface area contributed by atoms with E-state index in [9.17, 15) is 4.79 Å². The fourth-order valence-corrected chi connectivity index (χ4v) is 3.85. The normalized spacial score (nSPS) is 28.5. The predicted octanol–water partition coefficient (Wildman–Crippen LogP) is 2.58. The second-order valence-corrected chi connectivity index (χ2v) is 7.91.